The smallest absolute Gasteiger partial charge is 0.187 e. The highest BCUT2D eigenvalue weighted by Gasteiger charge is 2.10. The fraction of sp³-hybridized carbons (Fsp3) is 0.118. The van der Waals surface area contributed by atoms with Crippen LogP contribution in [-0.2, 0) is 6.42 Å². The van der Waals surface area contributed by atoms with E-state index in [4.69, 9.17) is 0 Å². The van der Waals surface area contributed by atoms with Crippen molar-refractivity contribution in [3.8, 4) is 6.07 Å². The second kappa shape index (κ2) is 5.59. The number of nitriles is 1. The number of rotatable bonds is 3. The number of aromatic nitrogens is 2. The van der Waals surface area contributed by atoms with Crippen LogP contribution in [0.1, 0.15) is 18.2 Å². The molecule has 1 N–H and O–H groups in total. The summed E-state index contributed by atoms with van der Waals surface area (Å²) in [5, 5.41) is 21.5. The van der Waals surface area contributed by atoms with Crippen molar-refractivity contribution in [2.24, 2.45) is 0 Å². The molecular formula is C17H14N4. The lowest BCUT2D eigenvalue weighted by molar-refractivity contribution is 1.05. The summed E-state index contributed by atoms with van der Waals surface area (Å²) in [5.74, 6) is 0. The van der Waals surface area contributed by atoms with Crippen LogP contribution in [0.5, 0.6) is 0 Å². The number of nitrogens with one attached hydrogen (secondary N) is 1. The quantitative estimate of drug-likeness (QED) is 0.789. The van der Waals surface area contributed by atoms with Crippen molar-refractivity contribution in [2.75, 3.05) is 5.32 Å². The fourth-order valence-corrected chi connectivity index (χ4v) is 2.23. The Bertz CT molecular complexity index is 816. The van der Waals surface area contributed by atoms with E-state index in [2.05, 4.69) is 40.6 Å². The average molecular weight is 274 g/mol. The topological polar surface area (TPSA) is 61.6 Å². The molecule has 0 aliphatic heterocycles. The first-order valence-corrected chi connectivity index (χ1v) is 6.83. The molecule has 0 saturated carbocycles. The summed E-state index contributed by atoms with van der Waals surface area (Å²) in [5.41, 5.74) is 3.98. The Labute approximate surface area is 123 Å². The zero-order chi connectivity index (χ0) is 14.7. The Morgan fingerprint density at radius 1 is 1.05 bits per heavy atom. The second-order valence-corrected chi connectivity index (χ2v) is 4.73. The second-order valence-electron chi connectivity index (χ2n) is 4.73. The lowest BCUT2D eigenvalue weighted by Crippen LogP contribution is -1.99. The Balaban J connectivity index is 2.08. The van der Waals surface area contributed by atoms with Gasteiger partial charge in [0.15, 0.2) is 5.69 Å². The minimum Gasteiger partial charge on any atom is -0.353 e. The van der Waals surface area contributed by atoms with E-state index in [0.29, 0.717) is 11.4 Å². The highest BCUT2D eigenvalue weighted by atomic mass is 15.1. The molecule has 2 aromatic carbocycles. The van der Waals surface area contributed by atoms with E-state index in [9.17, 15) is 5.26 Å². The van der Waals surface area contributed by atoms with Crippen molar-refractivity contribution in [2.45, 2.75) is 13.3 Å². The van der Waals surface area contributed by atoms with Crippen LogP contribution in [0.2, 0.25) is 0 Å². The highest BCUT2D eigenvalue weighted by Crippen LogP contribution is 2.27. The molecule has 0 fully saturated rings. The first-order chi connectivity index (χ1) is 10.3. The van der Waals surface area contributed by atoms with Crippen molar-refractivity contribution in [3.05, 3.63) is 59.8 Å². The number of aryl methyl sites for hydroxylation is 1. The van der Waals surface area contributed by atoms with Gasteiger partial charge in [0.1, 0.15) is 6.07 Å². The monoisotopic (exact) mass is 274 g/mol. The maximum Gasteiger partial charge on any atom is 0.187 e. The maximum atomic E-state index is 9.25. The van der Waals surface area contributed by atoms with Crippen molar-refractivity contribution in [1.29, 1.82) is 5.26 Å². The predicted molar refractivity (Wildman–Crippen MR) is 83.4 cm³/mol. The van der Waals surface area contributed by atoms with Crippen molar-refractivity contribution in [1.82, 2.24) is 10.2 Å². The van der Waals surface area contributed by atoms with Crippen LogP contribution in [0.15, 0.2) is 48.5 Å². The fourth-order valence-electron chi connectivity index (χ4n) is 2.23. The van der Waals surface area contributed by atoms with E-state index in [1.165, 1.54) is 5.56 Å². The summed E-state index contributed by atoms with van der Waals surface area (Å²) < 4.78 is 0. The number of fused-ring (bicyclic) bond motifs is 1. The van der Waals surface area contributed by atoms with Gasteiger partial charge in [-0.2, -0.15) is 5.26 Å². The molecule has 4 heteroatoms. The maximum absolute atomic E-state index is 9.25. The zero-order valence-electron chi connectivity index (χ0n) is 11.7. The predicted octanol–water partition coefficient (Wildman–Crippen LogP) is 3.81. The van der Waals surface area contributed by atoms with Gasteiger partial charge in [-0.3, -0.25) is 0 Å². The molecule has 0 amide bonds. The normalized spacial score (nSPS) is 10.3. The molecule has 1 aromatic heterocycles. The first kappa shape index (κ1) is 13.1. The molecule has 0 spiro atoms. The van der Waals surface area contributed by atoms with E-state index < -0.39 is 0 Å². The number of benzene rings is 2. The van der Waals surface area contributed by atoms with Crippen LogP contribution in [0.4, 0.5) is 11.4 Å². The lowest BCUT2D eigenvalue weighted by Gasteiger charge is -2.10. The van der Waals surface area contributed by atoms with Crippen molar-refractivity contribution >= 4 is 22.3 Å². The van der Waals surface area contributed by atoms with E-state index in [0.717, 1.165) is 23.0 Å². The molecule has 4 nitrogen and oxygen atoms in total. The molecule has 21 heavy (non-hydrogen) atoms. The molecule has 0 unspecified atom stereocenters. The Kier molecular flexibility index (Phi) is 3.48. The number of hydrogen-bond donors (Lipinski definition) is 1. The van der Waals surface area contributed by atoms with Crippen molar-refractivity contribution < 1.29 is 0 Å². The third kappa shape index (κ3) is 2.54. The van der Waals surface area contributed by atoms with E-state index in [1.54, 1.807) is 0 Å². The molecule has 0 saturated heterocycles. The van der Waals surface area contributed by atoms with Gasteiger partial charge in [0.2, 0.25) is 0 Å². The van der Waals surface area contributed by atoms with Crippen LogP contribution < -0.4 is 5.32 Å². The SMILES string of the molecule is CCc1ccc(Nc2c(C#N)nnc3ccccc23)cc1. The van der Waals surface area contributed by atoms with Gasteiger partial charge in [-0.15, -0.1) is 10.2 Å². The minimum absolute atomic E-state index is 0.299. The third-order valence-corrected chi connectivity index (χ3v) is 3.41. The van der Waals surface area contributed by atoms with Gasteiger partial charge in [-0.25, -0.2) is 0 Å². The lowest BCUT2D eigenvalue weighted by atomic mass is 10.1. The highest BCUT2D eigenvalue weighted by molar-refractivity contribution is 5.94. The molecule has 3 aromatic rings. The molecule has 1 heterocycles. The summed E-state index contributed by atoms with van der Waals surface area (Å²) in [4.78, 5) is 0. The van der Waals surface area contributed by atoms with Gasteiger partial charge in [0, 0.05) is 11.1 Å². The molecule has 102 valence electrons. The molecular weight excluding hydrogens is 260 g/mol. The summed E-state index contributed by atoms with van der Waals surface area (Å²) in [6.07, 6.45) is 1.00. The minimum atomic E-state index is 0.299. The van der Waals surface area contributed by atoms with Crippen LogP contribution in [0, 0.1) is 11.3 Å². The molecule has 0 atom stereocenters. The standard InChI is InChI=1S/C17H14N4/c1-2-12-7-9-13(10-8-12)19-17-14-5-3-4-6-15(14)20-21-16(17)11-18/h3-10H,2H2,1H3,(H,19,20). The summed E-state index contributed by atoms with van der Waals surface area (Å²) in [6, 6.07) is 17.9. The van der Waals surface area contributed by atoms with Crippen LogP contribution >= 0.6 is 0 Å². The number of nitrogens with zero attached hydrogens (tertiary/aromatic N) is 3. The number of anilines is 2. The molecule has 3 rings (SSSR count). The number of hydrogen-bond acceptors (Lipinski definition) is 4. The Morgan fingerprint density at radius 3 is 2.52 bits per heavy atom. The average Bonchev–Trinajstić information content (AvgIpc) is 2.56. The van der Waals surface area contributed by atoms with Crippen LogP contribution in [-0.4, -0.2) is 10.2 Å². The van der Waals surface area contributed by atoms with Gasteiger partial charge >= 0.3 is 0 Å². The molecule has 0 radical (unpaired) electrons. The third-order valence-electron chi connectivity index (χ3n) is 3.41. The molecule has 0 bridgehead atoms. The molecule has 0 aliphatic rings. The first-order valence-electron chi connectivity index (χ1n) is 6.83. The van der Waals surface area contributed by atoms with E-state index >= 15 is 0 Å². The van der Waals surface area contributed by atoms with Crippen LogP contribution in [0.3, 0.4) is 0 Å². The Hall–Kier alpha value is -2.93. The van der Waals surface area contributed by atoms with Gasteiger partial charge in [0.25, 0.3) is 0 Å². The van der Waals surface area contributed by atoms with E-state index in [1.807, 2.05) is 36.4 Å². The van der Waals surface area contributed by atoms with Gasteiger partial charge in [0.05, 0.1) is 11.2 Å². The largest absolute Gasteiger partial charge is 0.353 e. The molecule has 0 aliphatic carbocycles. The van der Waals surface area contributed by atoms with Gasteiger partial charge in [-0.05, 0) is 30.2 Å². The zero-order valence-corrected chi connectivity index (χ0v) is 11.7. The van der Waals surface area contributed by atoms with Crippen LogP contribution in [0.25, 0.3) is 10.9 Å². The van der Waals surface area contributed by atoms with Gasteiger partial charge < -0.3 is 5.32 Å². The summed E-state index contributed by atoms with van der Waals surface area (Å²) >= 11 is 0. The Morgan fingerprint density at radius 2 is 1.81 bits per heavy atom. The summed E-state index contributed by atoms with van der Waals surface area (Å²) in [7, 11) is 0. The van der Waals surface area contributed by atoms with Gasteiger partial charge in [-0.1, -0.05) is 37.3 Å². The summed E-state index contributed by atoms with van der Waals surface area (Å²) in [6.45, 7) is 2.12. The van der Waals surface area contributed by atoms with Crippen molar-refractivity contribution in [3.63, 3.8) is 0 Å². The van der Waals surface area contributed by atoms with E-state index in [-0.39, 0.29) is 0 Å².